The average Bonchev–Trinajstić information content (AvgIpc) is 3.19. The van der Waals surface area contributed by atoms with Gasteiger partial charge < -0.3 is 4.57 Å². The van der Waals surface area contributed by atoms with Gasteiger partial charge in [0.05, 0.1) is 29.5 Å². The van der Waals surface area contributed by atoms with E-state index in [2.05, 4.69) is 10.3 Å². The molecule has 0 aliphatic rings. The van der Waals surface area contributed by atoms with E-state index in [4.69, 9.17) is 0 Å². The summed E-state index contributed by atoms with van der Waals surface area (Å²) < 4.78 is 42.1. The van der Waals surface area contributed by atoms with E-state index in [9.17, 15) is 22.8 Å². The zero-order valence-corrected chi connectivity index (χ0v) is 16.6. The summed E-state index contributed by atoms with van der Waals surface area (Å²) in [6.45, 7) is 3.16. The van der Waals surface area contributed by atoms with Crippen molar-refractivity contribution in [1.82, 2.24) is 19.6 Å². The predicted molar refractivity (Wildman–Crippen MR) is 109 cm³/mol. The first-order chi connectivity index (χ1) is 14.7. The molecule has 0 amide bonds. The molecule has 0 saturated carbocycles. The van der Waals surface area contributed by atoms with E-state index in [1.165, 1.54) is 11.6 Å². The maximum Gasteiger partial charge on any atom is 0.455 e. The molecule has 4 rings (SSSR count). The number of hydrogen-bond acceptors (Lipinski definition) is 4. The van der Waals surface area contributed by atoms with Gasteiger partial charge in [-0.1, -0.05) is 41.1 Å². The molecule has 9 heteroatoms. The third-order valence-electron chi connectivity index (χ3n) is 5.08. The number of carbonyl (C=O) groups excluding carboxylic acids is 1. The second-order valence-electron chi connectivity index (χ2n) is 7.23. The summed E-state index contributed by atoms with van der Waals surface area (Å²) in [5, 5.41) is 8.48. The van der Waals surface area contributed by atoms with Crippen LogP contribution in [0.3, 0.4) is 0 Å². The second-order valence-corrected chi connectivity index (χ2v) is 7.23. The van der Waals surface area contributed by atoms with Gasteiger partial charge in [0.25, 0.3) is 11.3 Å². The molecular weight excluding hydrogens is 409 g/mol. The number of halogens is 3. The standard InChI is InChI=1S/C22H17F3N4O2/c1-13-7-9-16(10-8-13)29-12-15(26-27-29)11-28-18-6-4-3-5-17(18)14(2)19(21(28)31)20(30)22(23,24)25/h3-10,12H,11H2,1-2H3. The first-order valence-electron chi connectivity index (χ1n) is 9.38. The van der Waals surface area contributed by atoms with E-state index in [0.29, 0.717) is 16.6 Å². The molecule has 2 heterocycles. The highest BCUT2D eigenvalue weighted by molar-refractivity contribution is 6.04. The number of rotatable bonds is 4. The lowest BCUT2D eigenvalue weighted by Gasteiger charge is -2.15. The zero-order valence-electron chi connectivity index (χ0n) is 16.6. The van der Waals surface area contributed by atoms with Gasteiger partial charge in [0.15, 0.2) is 0 Å². The number of fused-ring (bicyclic) bond motifs is 1. The Morgan fingerprint density at radius 2 is 1.71 bits per heavy atom. The van der Waals surface area contributed by atoms with Crippen molar-refractivity contribution in [1.29, 1.82) is 0 Å². The lowest BCUT2D eigenvalue weighted by Crippen LogP contribution is -2.34. The third kappa shape index (κ3) is 3.74. The van der Waals surface area contributed by atoms with Crippen LogP contribution in [0.25, 0.3) is 16.6 Å². The second kappa shape index (κ2) is 7.50. The van der Waals surface area contributed by atoms with E-state index in [1.54, 1.807) is 30.5 Å². The Morgan fingerprint density at radius 3 is 2.39 bits per heavy atom. The topological polar surface area (TPSA) is 69.8 Å². The van der Waals surface area contributed by atoms with E-state index in [1.807, 2.05) is 31.2 Å². The minimum Gasteiger partial charge on any atom is -0.301 e. The van der Waals surface area contributed by atoms with Crippen molar-refractivity contribution in [2.45, 2.75) is 26.6 Å². The Morgan fingerprint density at radius 1 is 1.03 bits per heavy atom. The van der Waals surface area contributed by atoms with Crippen molar-refractivity contribution in [2.75, 3.05) is 0 Å². The fourth-order valence-corrected chi connectivity index (χ4v) is 3.49. The zero-order chi connectivity index (χ0) is 22.3. The SMILES string of the molecule is Cc1ccc(-n2cc(Cn3c(=O)c(C(=O)C(F)(F)F)c(C)c4ccccc43)nn2)cc1. The van der Waals surface area contributed by atoms with Crippen molar-refractivity contribution in [2.24, 2.45) is 0 Å². The predicted octanol–water partition coefficient (Wildman–Crippen LogP) is 3.99. The number of para-hydroxylation sites is 1. The molecule has 0 aliphatic carbocycles. The molecule has 0 aliphatic heterocycles. The number of aryl methyl sites for hydroxylation is 2. The molecule has 0 radical (unpaired) electrons. The van der Waals surface area contributed by atoms with E-state index < -0.39 is 23.1 Å². The van der Waals surface area contributed by atoms with Gasteiger partial charge >= 0.3 is 6.18 Å². The fourth-order valence-electron chi connectivity index (χ4n) is 3.49. The Bertz CT molecular complexity index is 1350. The maximum atomic E-state index is 13.1. The number of pyridine rings is 1. The Kier molecular flexibility index (Phi) is 4.96. The molecule has 0 unspecified atom stereocenters. The van der Waals surface area contributed by atoms with Crippen LogP contribution in [0.2, 0.25) is 0 Å². The quantitative estimate of drug-likeness (QED) is 0.463. The highest BCUT2D eigenvalue weighted by Crippen LogP contribution is 2.26. The van der Waals surface area contributed by atoms with Crippen LogP contribution in [-0.2, 0) is 6.54 Å². The molecule has 0 saturated heterocycles. The van der Waals surface area contributed by atoms with Gasteiger partial charge in [0.1, 0.15) is 5.69 Å². The normalized spacial score (nSPS) is 11.8. The number of ketones is 1. The van der Waals surface area contributed by atoms with Crippen LogP contribution in [0, 0.1) is 13.8 Å². The Labute approximate surface area is 174 Å². The van der Waals surface area contributed by atoms with Crippen molar-refractivity contribution in [3.63, 3.8) is 0 Å². The maximum absolute atomic E-state index is 13.1. The highest BCUT2D eigenvalue weighted by Gasteiger charge is 2.42. The first-order valence-corrected chi connectivity index (χ1v) is 9.38. The van der Waals surface area contributed by atoms with Gasteiger partial charge in [-0.2, -0.15) is 13.2 Å². The summed E-state index contributed by atoms with van der Waals surface area (Å²) in [5.74, 6) is -2.15. The van der Waals surface area contributed by atoms with Gasteiger partial charge in [0, 0.05) is 5.39 Å². The Balaban J connectivity index is 1.84. The lowest BCUT2D eigenvalue weighted by atomic mass is 10.0. The fraction of sp³-hybridized carbons (Fsp3) is 0.182. The largest absolute Gasteiger partial charge is 0.455 e. The average molecular weight is 426 g/mol. The van der Waals surface area contributed by atoms with Crippen LogP contribution in [0.15, 0.2) is 59.5 Å². The number of alkyl halides is 3. The van der Waals surface area contributed by atoms with Crippen molar-refractivity contribution < 1.29 is 18.0 Å². The third-order valence-corrected chi connectivity index (χ3v) is 5.08. The van der Waals surface area contributed by atoms with Crippen molar-refractivity contribution in [3.05, 3.63) is 87.5 Å². The molecule has 4 aromatic rings. The molecule has 0 bridgehead atoms. The summed E-state index contributed by atoms with van der Waals surface area (Å²) in [7, 11) is 0. The smallest absolute Gasteiger partial charge is 0.301 e. The number of nitrogens with zero attached hydrogens (tertiary/aromatic N) is 4. The Hall–Kier alpha value is -3.75. The summed E-state index contributed by atoms with van der Waals surface area (Å²) in [4.78, 5) is 25.0. The van der Waals surface area contributed by atoms with Crippen LogP contribution in [-0.4, -0.2) is 31.5 Å². The van der Waals surface area contributed by atoms with Crippen LogP contribution in [0.4, 0.5) is 13.2 Å². The summed E-state index contributed by atoms with van der Waals surface area (Å²) >= 11 is 0. The number of Topliss-reactive ketones (excluding diaryl/α,β-unsaturated/α-hetero) is 1. The van der Waals surface area contributed by atoms with Gasteiger partial charge in [-0.3, -0.25) is 9.59 Å². The van der Waals surface area contributed by atoms with E-state index in [-0.39, 0.29) is 12.1 Å². The molecule has 0 spiro atoms. The molecule has 6 nitrogen and oxygen atoms in total. The van der Waals surface area contributed by atoms with Crippen LogP contribution >= 0.6 is 0 Å². The molecular formula is C22H17F3N4O2. The molecule has 0 N–H and O–H groups in total. The highest BCUT2D eigenvalue weighted by atomic mass is 19.4. The van der Waals surface area contributed by atoms with Crippen LogP contribution in [0.1, 0.15) is 27.2 Å². The molecule has 2 aromatic heterocycles. The van der Waals surface area contributed by atoms with Gasteiger partial charge in [-0.05, 0) is 37.6 Å². The van der Waals surface area contributed by atoms with Crippen LogP contribution in [0.5, 0.6) is 0 Å². The lowest BCUT2D eigenvalue weighted by molar-refractivity contribution is -0.0886. The first kappa shape index (κ1) is 20.5. The van der Waals surface area contributed by atoms with Gasteiger partial charge in [-0.25, -0.2) is 4.68 Å². The number of aromatic nitrogens is 4. The van der Waals surface area contributed by atoms with E-state index >= 15 is 0 Å². The summed E-state index contributed by atoms with van der Waals surface area (Å²) in [6, 6.07) is 14.0. The summed E-state index contributed by atoms with van der Waals surface area (Å²) in [5.41, 5.74) is 0.709. The van der Waals surface area contributed by atoms with Gasteiger partial charge in [-0.15, -0.1) is 5.10 Å². The summed E-state index contributed by atoms with van der Waals surface area (Å²) in [6.07, 6.45) is -3.56. The minimum absolute atomic E-state index is 0.00230. The number of carbonyl (C=O) groups is 1. The molecule has 0 fully saturated rings. The molecule has 0 atom stereocenters. The van der Waals surface area contributed by atoms with Crippen molar-refractivity contribution >= 4 is 16.7 Å². The van der Waals surface area contributed by atoms with E-state index in [0.717, 1.165) is 15.8 Å². The number of hydrogen-bond donors (Lipinski definition) is 0. The monoisotopic (exact) mass is 426 g/mol. The van der Waals surface area contributed by atoms with Crippen LogP contribution < -0.4 is 5.56 Å². The minimum atomic E-state index is -5.15. The molecule has 2 aromatic carbocycles. The number of benzene rings is 2. The molecule has 31 heavy (non-hydrogen) atoms. The molecule has 158 valence electrons. The van der Waals surface area contributed by atoms with Crippen molar-refractivity contribution in [3.8, 4) is 5.69 Å². The van der Waals surface area contributed by atoms with Gasteiger partial charge in [0.2, 0.25) is 0 Å².